The van der Waals surface area contributed by atoms with Crippen molar-refractivity contribution in [3.05, 3.63) is 22.7 Å². The molecular weight excluding hydrogens is 268 g/mol. The molecule has 1 aliphatic rings. The van der Waals surface area contributed by atoms with Crippen LogP contribution in [0, 0.1) is 6.92 Å². The van der Waals surface area contributed by atoms with Crippen LogP contribution in [-0.2, 0) is 4.74 Å². The van der Waals surface area contributed by atoms with Crippen LogP contribution >= 0.6 is 11.6 Å². The highest BCUT2D eigenvalue weighted by molar-refractivity contribution is 6.32. The molecule has 0 radical (unpaired) electrons. The van der Waals surface area contributed by atoms with E-state index in [1.807, 2.05) is 19.1 Å². The molecule has 1 saturated heterocycles. The second-order valence-electron chi connectivity index (χ2n) is 4.77. The molecular formula is C13H15ClN2O3. The molecule has 1 aromatic heterocycles. The van der Waals surface area contributed by atoms with E-state index in [0.717, 1.165) is 16.6 Å². The van der Waals surface area contributed by atoms with Crippen molar-refractivity contribution < 1.29 is 14.6 Å². The first kappa shape index (κ1) is 12.7. The van der Waals surface area contributed by atoms with Crippen molar-refractivity contribution in [2.24, 2.45) is 0 Å². The number of nitrogens with zero attached hydrogens (tertiary/aromatic N) is 1. The number of hydrogen-bond acceptors (Lipinski definition) is 4. The van der Waals surface area contributed by atoms with Crippen molar-refractivity contribution in [2.75, 3.05) is 13.2 Å². The molecule has 102 valence electrons. The molecule has 19 heavy (non-hydrogen) atoms. The highest BCUT2D eigenvalue weighted by atomic mass is 35.5. The lowest BCUT2D eigenvalue weighted by molar-refractivity contribution is 0.0528. The summed E-state index contributed by atoms with van der Waals surface area (Å²) in [5, 5.41) is 9.70. The standard InChI is InChI=1S/C13H15ClN2O3/c1-7-2-11-12(4-10(7)14)16-13(15-11)19-9-3-8(5-17)18-6-9/h2,4,8-9,17H,3,5-6H2,1H3,(H,15,16). The van der Waals surface area contributed by atoms with Crippen LogP contribution in [0.1, 0.15) is 12.0 Å². The minimum absolute atomic E-state index is 0.0226. The van der Waals surface area contributed by atoms with Gasteiger partial charge in [-0.15, -0.1) is 0 Å². The molecule has 2 heterocycles. The van der Waals surface area contributed by atoms with Gasteiger partial charge in [0, 0.05) is 11.4 Å². The molecule has 3 rings (SSSR count). The van der Waals surface area contributed by atoms with E-state index in [4.69, 9.17) is 26.2 Å². The summed E-state index contributed by atoms with van der Waals surface area (Å²) in [4.78, 5) is 7.46. The molecule has 2 aromatic rings. The smallest absolute Gasteiger partial charge is 0.294 e. The summed E-state index contributed by atoms with van der Waals surface area (Å²) < 4.78 is 11.1. The fourth-order valence-corrected chi connectivity index (χ4v) is 2.37. The zero-order valence-corrected chi connectivity index (χ0v) is 11.3. The number of aryl methyl sites for hydroxylation is 1. The van der Waals surface area contributed by atoms with Crippen LogP contribution in [0.25, 0.3) is 11.0 Å². The SMILES string of the molecule is Cc1cc2[nH]c(OC3COC(CO)C3)nc2cc1Cl. The number of halogens is 1. The van der Waals surface area contributed by atoms with Gasteiger partial charge in [-0.1, -0.05) is 11.6 Å². The second kappa shape index (κ2) is 5.00. The summed E-state index contributed by atoms with van der Waals surface area (Å²) in [5.74, 6) is 0. The topological polar surface area (TPSA) is 67.4 Å². The third-order valence-corrected chi connectivity index (χ3v) is 3.67. The Morgan fingerprint density at radius 2 is 2.42 bits per heavy atom. The Labute approximate surface area is 115 Å². The van der Waals surface area contributed by atoms with Crippen LogP contribution < -0.4 is 4.74 Å². The van der Waals surface area contributed by atoms with Gasteiger partial charge in [0.2, 0.25) is 0 Å². The molecule has 0 amide bonds. The molecule has 0 spiro atoms. The van der Waals surface area contributed by atoms with Gasteiger partial charge in [0.25, 0.3) is 6.01 Å². The number of benzene rings is 1. The number of H-pyrrole nitrogens is 1. The number of imidazole rings is 1. The van der Waals surface area contributed by atoms with Crippen LogP contribution in [0.4, 0.5) is 0 Å². The predicted molar refractivity (Wildman–Crippen MR) is 71.7 cm³/mol. The number of hydrogen-bond donors (Lipinski definition) is 2. The molecule has 0 saturated carbocycles. The summed E-state index contributed by atoms with van der Waals surface area (Å²) in [6, 6.07) is 4.22. The number of nitrogens with one attached hydrogen (secondary N) is 1. The Hall–Kier alpha value is -1.30. The van der Waals surface area contributed by atoms with Crippen molar-refractivity contribution in [3.8, 4) is 6.01 Å². The number of aromatic amines is 1. The highest BCUT2D eigenvalue weighted by Gasteiger charge is 2.27. The highest BCUT2D eigenvalue weighted by Crippen LogP contribution is 2.25. The first-order valence-corrected chi connectivity index (χ1v) is 6.58. The van der Waals surface area contributed by atoms with E-state index in [1.165, 1.54) is 0 Å². The maximum Gasteiger partial charge on any atom is 0.294 e. The van der Waals surface area contributed by atoms with Gasteiger partial charge < -0.3 is 19.6 Å². The third kappa shape index (κ3) is 2.54. The molecule has 2 atom stereocenters. The van der Waals surface area contributed by atoms with E-state index in [-0.39, 0.29) is 18.8 Å². The van der Waals surface area contributed by atoms with Gasteiger partial charge in [-0.3, -0.25) is 0 Å². The van der Waals surface area contributed by atoms with Crippen molar-refractivity contribution in [1.29, 1.82) is 0 Å². The summed E-state index contributed by atoms with van der Waals surface area (Å²) in [7, 11) is 0. The molecule has 5 nitrogen and oxygen atoms in total. The van der Waals surface area contributed by atoms with Crippen molar-refractivity contribution >= 4 is 22.6 Å². The van der Waals surface area contributed by atoms with Gasteiger partial charge >= 0.3 is 0 Å². The molecule has 2 N–H and O–H groups in total. The predicted octanol–water partition coefficient (Wildman–Crippen LogP) is 2.05. The number of ether oxygens (including phenoxy) is 2. The van der Waals surface area contributed by atoms with Crippen LogP contribution in [-0.4, -0.2) is 40.5 Å². The normalized spacial score (nSPS) is 23.1. The van der Waals surface area contributed by atoms with E-state index in [9.17, 15) is 0 Å². The van der Waals surface area contributed by atoms with Gasteiger partial charge in [-0.05, 0) is 24.6 Å². The van der Waals surface area contributed by atoms with Gasteiger partial charge in [0.15, 0.2) is 0 Å². The van der Waals surface area contributed by atoms with Gasteiger partial charge in [-0.2, -0.15) is 4.98 Å². The Morgan fingerprint density at radius 1 is 1.58 bits per heavy atom. The molecule has 0 aliphatic carbocycles. The lowest BCUT2D eigenvalue weighted by Crippen LogP contribution is -2.17. The molecule has 6 heteroatoms. The van der Waals surface area contributed by atoms with E-state index < -0.39 is 0 Å². The lowest BCUT2D eigenvalue weighted by atomic mass is 10.2. The van der Waals surface area contributed by atoms with Crippen molar-refractivity contribution in [3.63, 3.8) is 0 Å². The van der Waals surface area contributed by atoms with E-state index in [2.05, 4.69) is 9.97 Å². The maximum atomic E-state index is 9.01. The van der Waals surface area contributed by atoms with Crippen LogP contribution in [0.5, 0.6) is 6.01 Å². The quantitative estimate of drug-likeness (QED) is 0.904. The van der Waals surface area contributed by atoms with E-state index in [0.29, 0.717) is 24.1 Å². The number of aliphatic hydroxyl groups excluding tert-OH is 1. The molecule has 1 aromatic carbocycles. The number of aliphatic hydroxyl groups is 1. The minimum atomic E-state index is -0.133. The summed E-state index contributed by atoms with van der Waals surface area (Å²) in [6.07, 6.45) is 0.466. The molecule has 1 fully saturated rings. The minimum Gasteiger partial charge on any atom is -0.459 e. The fourth-order valence-electron chi connectivity index (χ4n) is 2.21. The zero-order chi connectivity index (χ0) is 13.4. The largest absolute Gasteiger partial charge is 0.459 e. The third-order valence-electron chi connectivity index (χ3n) is 3.27. The van der Waals surface area contributed by atoms with E-state index >= 15 is 0 Å². The Kier molecular flexibility index (Phi) is 3.35. The van der Waals surface area contributed by atoms with Crippen LogP contribution in [0.2, 0.25) is 5.02 Å². The number of fused-ring (bicyclic) bond motifs is 1. The summed E-state index contributed by atoms with van der Waals surface area (Å²) in [5.41, 5.74) is 2.67. The molecule has 1 aliphatic heterocycles. The van der Waals surface area contributed by atoms with E-state index in [1.54, 1.807) is 0 Å². The lowest BCUT2D eigenvalue weighted by Gasteiger charge is -2.08. The average Bonchev–Trinajstić information content (AvgIpc) is 2.97. The summed E-state index contributed by atoms with van der Waals surface area (Å²) in [6.45, 7) is 2.44. The number of aromatic nitrogens is 2. The first-order chi connectivity index (χ1) is 9.15. The van der Waals surface area contributed by atoms with Crippen LogP contribution in [0.15, 0.2) is 12.1 Å². The summed E-state index contributed by atoms with van der Waals surface area (Å²) >= 11 is 6.06. The Bertz CT molecular complexity index is 560. The monoisotopic (exact) mass is 282 g/mol. The van der Waals surface area contributed by atoms with Crippen LogP contribution in [0.3, 0.4) is 0 Å². The van der Waals surface area contributed by atoms with Gasteiger partial charge in [-0.25, -0.2) is 0 Å². The zero-order valence-electron chi connectivity index (χ0n) is 10.5. The molecule has 0 bridgehead atoms. The average molecular weight is 283 g/mol. The number of rotatable bonds is 3. The first-order valence-electron chi connectivity index (χ1n) is 6.20. The second-order valence-corrected chi connectivity index (χ2v) is 5.18. The Morgan fingerprint density at radius 3 is 3.16 bits per heavy atom. The van der Waals surface area contributed by atoms with Crippen molar-refractivity contribution in [2.45, 2.75) is 25.6 Å². The maximum absolute atomic E-state index is 9.01. The van der Waals surface area contributed by atoms with Crippen molar-refractivity contribution in [1.82, 2.24) is 9.97 Å². The van der Waals surface area contributed by atoms with Gasteiger partial charge in [0.1, 0.15) is 6.10 Å². The molecule has 2 unspecified atom stereocenters. The Balaban J connectivity index is 1.78. The fraction of sp³-hybridized carbons (Fsp3) is 0.462. The van der Waals surface area contributed by atoms with Gasteiger partial charge in [0.05, 0.1) is 30.4 Å².